The fraction of sp³-hybridized carbons (Fsp3) is 0.525. The average molecular weight is 892 g/mol. The number of hydrogen-bond acceptors (Lipinski definition) is 12. The van der Waals surface area contributed by atoms with Crippen LogP contribution in [0.15, 0.2) is 45.7 Å². The maximum absolute atomic E-state index is 14.6. The van der Waals surface area contributed by atoms with E-state index in [2.05, 4.69) is 43.1 Å². The Kier molecular flexibility index (Phi) is 14.2. The SMILES string of the molecule is C=C[C@H]1C[C@@]1(NC(=O)[C@@H]1C[C@@H](Oc2cc(-c3csc(N=C([O-])C(C)C)n3)nc3c(Br)c(OC)ccc23)CN1C(=O)[C@@H](NC(=O)OC1CCCC1)C(C)(C)C)C(=O)O.[Na+]. The van der Waals surface area contributed by atoms with Gasteiger partial charge >= 0.3 is 41.6 Å². The number of aromatic nitrogens is 2. The number of thiazole rings is 1. The van der Waals surface area contributed by atoms with Crippen molar-refractivity contribution < 1.29 is 73.2 Å². The molecule has 3 amide bonds. The Bertz CT molecular complexity index is 2100. The number of aliphatic carboxylic acids is 1. The van der Waals surface area contributed by atoms with Gasteiger partial charge in [0.2, 0.25) is 16.9 Å². The van der Waals surface area contributed by atoms with Gasteiger partial charge in [-0.1, -0.05) is 40.7 Å². The van der Waals surface area contributed by atoms with E-state index in [-0.39, 0.29) is 72.0 Å². The predicted molar refractivity (Wildman–Crippen MR) is 215 cm³/mol. The van der Waals surface area contributed by atoms with E-state index in [9.17, 15) is 29.4 Å². The molecular weight excluding hydrogens is 843 g/mol. The van der Waals surface area contributed by atoms with E-state index >= 15 is 0 Å². The van der Waals surface area contributed by atoms with Gasteiger partial charge in [0.05, 0.1) is 29.3 Å². The van der Waals surface area contributed by atoms with Crippen LogP contribution in [-0.2, 0) is 19.1 Å². The molecule has 3 N–H and O–H groups in total. The van der Waals surface area contributed by atoms with E-state index in [0.717, 1.165) is 25.7 Å². The second-order valence-corrected chi connectivity index (χ2v) is 17.8. The summed E-state index contributed by atoms with van der Waals surface area (Å²) in [6.45, 7) is 12.6. The van der Waals surface area contributed by atoms with Crippen LogP contribution < -0.4 is 54.8 Å². The van der Waals surface area contributed by atoms with Crippen molar-refractivity contribution in [1.82, 2.24) is 25.5 Å². The van der Waals surface area contributed by atoms with Crippen molar-refractivity contribution in [1.29, 1.82) is 0 Å². The first-order valence-electron chi connectivity index (χ1n) is 19.0. The van der Waals surface area contributed by atoms with Gasteiger partial charge in [-0.05, 0) is 77.4 Å². The quantitative estimate of drug-likeness (QED) is 0.0986. The normalized spacial score (nSPS) is 22.6. The topological polar surface area (TPSA) is 205 Å². The van der Waals surface area contributed by atoms with Gasteiger partial charge < -0.3 is 40.0 Å². The van der Waals surface area contributed by atoms with Crippen molar-refractivity contribution in [3.05, 3.63) is 40.7 Å². The van der Waals surface area contributed by atoms with Gasteiger partial charge in [-0.15, -0.1) is 17.9 Å². The number of carbonyl (C=O) groups is 4. The van der Waals surface area contributed by atoms with Crippen LogP contribution in [0.5, 0.6) is 11.5 Å². The number of halogens is 1. The van der Waals surface area contributed by atoms with E-state index in [1.54, 1.807) is 58.2 Å². The maximum Gasteiger partial charge on any atom is 1.00 e. The number of carbonyl (C=O) groups excluding carboxylic acids is 3. The second-order valence-electron chi connectivity index (χ2n) is 16.2. The van der Waals surface area contributed by atoms with Crippen molar-refractivity contribution in [2.24, 2.45) is 22.2 Å². The van der Waals surface area contributed by atoms with Crippen molar-refractivity contribution in [3.8, 4) is 22.9 Å². The molecule has 3 aromatic rings. The Balaban J connectivity index is 0.00000641. The van der Waals surface area contributed by atoms with Crippen LogP contribution in [0.25, 0.3) is 22.3 Å². The molecule has 2 aromatic heterocycles. The van der Waals surface area contributed by atoms with Crippen LogP contribution >= 0.6 is 27.3 Å². The van der Waals surface area contributed by atoms with E-state index < -0.39 is 58.9 Å². The van der Waals surface area contributed by atoms with Gasteiger partial charge in [-0.2, -0.15) is 0 Å². The first-order valence-corrected chi connectivity index (χ1v) is 20.6. The number of rotatable bonds is 13. The molecule has 3 heterocycles. The van der Waals surface area contributed by atoms with E-state index in [4.69, 9.17) is 19.2 Å². The van der Waals surface area contributed by atoms with Crippen molar-refractivity contribution >= 4 is 73.1 Å². The van der Waals surface area contributed by atoms with Crippen molar-refractivity contribution in [2.75, 3.05) is 13.7 Å². The molecule has 1 saturated heterocycles. The molecule has 0 radical (unpaired) electrons. The third kappa shape index (κ3) is 9.64. The molecule has 0 spiro atoms. The number of benzene rings is 1. The molecule has 15 nitrogen and oxygen atoms in total. The summed E-state index contributed by atoms with van der Waals surface area (Å²) in [6, 6.07) is 2.98. The molecule has 0 unspecified atom stereocenters. The summed E-state index contributed by atoms with van der Waals surface area (Å²) in [5, 5.41) is 30.5. The number of nitrogens with one attached hydrogen (secondary N) is 2. The summed E-state index contributed by atoms with van der Waals surface area (Å²) in [4.78, 5) is 69.2. The van der Waals surface area contributed by atoms with Crippen LogP contribution in [0.3, 0.4) is 0 Å². The minimum Gasteiger partial charge on any atom is -0.861 e. The number of amides is 3. The Hall–Kier alpha value is -3.77. The van der Waals surface area contributed by atoms with Crippen LogP contribution in [0.2, 0.25) is 0 Å². The van der Waals surface area contributed by atoms with Gasteiger partial charge in [0.25, 0.3) is 0 Å². The molecule has 3 fully saturated rings. The van der Waals surface area contributed by atoms with E-state index in [1.165, 1.54) is 29.4 Å². The summed E-state index contributed by atoms with van der Waals surface area (Å²) in [5.74, 6) is -2.61. The molecule has 0 bridgehead atoms. The number of likely N-dealkylation sites (tertiary alicyclic amines) is 1. The average Bonchev–Trinajstić information content (AvgIpc) is 3.57. The summed E-state index contributed by atoms with van der Waals surface area (Å²) >= 11 is 4.81. The third-order valence-electron chi connectivity index (χ3n) is 10.6. The number of carboxylic acids is 1. The van der Waals surface area contributed by atoms with E-state index in [0.29, 0.717) is 38.3 Å². The molecular formula is C40H48BrN6NaO9S. The molecule has 2 aliphatic carbocycles. The molecule has 2 saturated carbocycles. The molecule has 58 heavy (non-hydrogen) atoms. The zero-order valence-electron chi connectivity index (χ0n) is 33.8. The molecule has 1 aromatic carbocycles. The van der Waals surface area contributed by atoms with Gasteiger partial charge in [-0.25, -0.2) is 24.5 Å². The number of methoxy groups -OCH3 is 1. The zero-order valence-corrected chi connectivity index (χ0v) is 38.2. The predicted octanol–water partition coefficient (Wildman–Crippen LogP) is 2.76. The zero-order chi connectivity index (χ0) is 41.4. The number of fused-ring (bicyclic) bond motifs is 1. The summed E-state index contributed by atoms with van der Waals surface area (Å²) in [7, 11) is 1.53. The van der Waals surface area contributed by atoms with Crippen molar-refractivity contribution in [3.63, 3.8) is 0 Å². The van der Waals surface area contributed by atoms with Gasteiger partial charge in [0.1, 0.15) is 47.0 Å². The Morgan fingerprint density at radius 3 is 2.45 bits per heavy atom. The largest absolute Gasteiger partial charge is 1.00 e. The Morgan fingerprint density at radius 2 is 1.84 bits per heavy atom. The molecule has 5 atom stereocenters. The van der Waals surface area contributed by atoms with E-state index in [1.807, 2.05) is 0 Å². The Labute approximate surface area is 371 Å². The molecule has 306 valence electrons. The maximum atomic E-state index is 14.6. The number of hydrogen-bond donors (Lipinski definition) is 3. The van der Waals surface area contributed by atoms with Gasteiger partial charge in [0.15, 0.2) is 0 Å². The number of aliphatic imine (C=N–C) groups is 1. The number of pyridine rings is 1. The first kappa shape index (κ1) is 45.3. The molecule has 6 rings (SSSR count). The second kappa shape index (κ2) is 18.2. The van der Waals surface area contributed by atoms with Crippen LogP contribution in [0, 0.1) is 17.3 Å². The fourth-order valence-corrected chi connectivity index (χ4v) is 8.53. The molecule has 18 heteroatoms. The summed E-state index contributed by atoms with van der Waals surface area (Å²) < 4.78 is 18.4. The molecule has 3 aliphatic rings. The number of alkyl carbamates (subject to hydrolysis) is 1. The summed E-state index contributed by atoms with van der Waals surface area (Å²) in [6.07, 6.45) is 3.34. The van der Waals surface area contributed by atoms with Crippen molar-refractivity contribution in [2.45, 2.75) is 103 Å². The first-order chi connectivity index (χ1) is 26.9. The van der Waals surface area contributed by atoms with Gasteiger partial charge in [0, 0.05) is 29.2 Å². The Morgan fingerprint density at radius 1 is 1.14 bits per heavy atom. The monoisotopic (exact) mass is 890 g/mol. The standard InChI is InChI=1S/C40H49BrN6O9S.Na/c1-8-21-17-40(21,36(51)52)46-34(49)27-15-23(18-47(27)35(50)32(39(4,5)6)44-38(53)56-22-11-9-10-12-22)55-29-16-25(26-19-57-37(43-26)45-33(48)20(2)3)42-31-24(29)13-14-28(54-7)30(31)41;/h8,13-14,16,19-23,27,32H,1,9-12,15,17-18H2,2-7H3,(H,44,53)(H,46,49)(H,51,52)(H,43,45,48);/q;+1/p-1/t21-,23+,27-,32+,40-;/m0./s1. The number of nitrogens with zero attached hydrogens (tertiary/aromatic N) is 4. The van der Waals surface area contributed by atoms with Gasteiger partial charge in [-0.3, -0.25) is 9.59 Å². The number of carboxylic acid groups (broad SMARTS) is 1. The van der Waals surface area contributed by atoms with Crippen LogP contribution in [0.1, 0.15) is 73.1 Å². The minimum absolute atomic E-state index is 0. The minimum atomic E-state index is -1.54. The van der Waals surface area contributed by atoms with Crippen LogP contribution in [-0.4, -0.2) is 93.2 Å². The smallest absolute Gasteiger partial charge is 0.861 e. The summed E-state index contributed by atoms with van der Waals surface area (Å²) in [5.41, 5.74) is -1.01. The number of ether oxygens (including phenoxy) is 3. The third-order valence-corrected chi connectivity index (χ3v) is 12.1. The fourth-order valence-electron chi connectivity index (χ4n) is 7.25. The molecule has 1 aliphatic heterocycles. The van der Waals surface area contributed by atoms with Crippen LogP contribution in [0.4, 0.5) is 9.93 Å².